The summed E-state index contributed by atoms with van der Waals surface area (Å²) in [6.07, 6.45) is 20.0. The molecule has 0 N–H and O–H groups in total. The van der Waals surface area contributed by atoms with Crippen LogP contribution in [0.4, 0.5) is 0 Å². The molecule has 0 spiro atoms. The molecule has 0 unspecified atom stereocenters. The van der Waals surface area contributed by atoms with Crippen molar-refractivity contribution in [1.29, 1.82) is 0 Å². The molecule has 0 saturated carbocycles. The molecule has 0 aromatic heterocycles. The van der Waals surface area contributed by atoms with E-state index >= 15 is 0 Å². The first-order valence-corrected chi connectivity index (χ1v) is 22.3. The van der Waals surface area contributed by atoms with Gasteiger partial charge in [-0.3, -0.25) is 4.99 Å². The monoisotopic (exact) mass is 829 g/mol. The van der Waals surface area contributed by atoms with Crippen molar-refractivity contribution in [3.05, 3.63) is 263 Å². The number of hydrogen-bond donors (Lipinski definition) is 0. The van der Waals surface area contributed by atoms with Gasteiger partial charge in [-0.05, 0) is 129 Å². The summed E-state index contributed by atoms with van der Waals surface area (Å²) in [6.45, 7) is 15.0. The Morgan fingerprint density at radius 2 is 1.09 bits per heavy atom. The first-order chi connectivity index (χ1) is 31.4. The van der Waals surface area contributed by atoms with Crippen molar-refractivity contribution in [3.8, 4) is 24.0 Å². The topological polar surface area (TPSA) is 12.4 Å². The SMILES string of the molecule is C#C.C=C(/C=C(\C=C(/C)c1ccccc1)C1=CC=C(c2cccc3cccc(-c4ccc(/C(N=C(C)c5ccccc5)=C(\C)Cc5ccccc5)cc4)c23)CC1)c1ccccc1.CC. The summed E-state index contributed by atoms with van der Waals surface area (Å²) in [6, 6.07) is 64.7. The molecule has 0 aliphatic heterocycles. The van der Waals surface area contributed by atoms with Crippen LogP contribution in [0.25, 0.3) is 44.3 Å². The third-order valence-electron chi connectivity index (χ3n) is 11.5. The quantitative estimate of drug-likeness (QED) is 0.0661. The Balaban J connectivity index is 0.00000165. The lowest BCUT2D eigenvalue weighted by Gasteiger charge is -2.20. The van der Waals surface area contributed by atoms with E-state index in [-0.39, 0.29) is 0 Å². The molecule has 0 heterocycles. The van der Waals surface area contributed by atoms with E-state index in [1.165, 1.54) is 66.5 Å². The van der Waals surface area contributed by atoms with Gasteiger partial charge in [0.2, 0.25) is 0 Å². The van der Waals surface area contributed by atoms with Gasteiger partial charge in [0.15, 0.2) is 0 Å². The molecule has 0 amide bonds. The maximum Gasteiger partial charge on any atom is 0.0697 e. The number of nitrogens with zero attached hydrogens (tertiary/aromatic N) is 1. The predicted molar refractivity (Wildman–Crippen MR) is 281 cm³/mol. The molecule has 0 fully saturated rings. The minimum absolute atomic E-state index is 0.837. The number of hydrogen-bond acceptors (Lipinski definition) is 1. The van der Waals surface area contributed by atoms with E-state index in [0.29, 0.717) is 0 Å². The zero-order valence-electron chi connectivity index (χ0n) is 38.1. The van der Waals surface area contributed by atoms with Crippen molar-refractivity contribution in [2.75, 3.05) is 0 Å². The van der Waals surface area contributed by atoms with Crippen molar-refractivity contribution < 1.29 is 0 Å². The molecule has 8 rings (SSSR count). The van der Waals surface area contributed by atoms with Gasteiger partial charge in [0, 0.05) is 11.3 Å². The van der Waals surface area contributed by atoms with Gasteiger partial charge in [-0.25, -0.2) is 0 Å². The third-order valence-corrected chi connectivity index (χ3v) is 11.5. The Kier molecular flexibility index (Phi) is 16.6. The molecule has 0 saturated heterocycles. The summed E-state index contributed by atoms with van der Waals surface area (Å²) in [5.41, 5.74) is 19.0. The molecule has 316 valence electrons. The molecular formula is C63H59N. The van der Waals surface area contributed by atoms with Crippen molar-refractivity contribution in [1.82, 2.24) is 0 Å². The Bertz CT molecular complexity index is 2860. The number of aliphatic imine (C=N–C) groups is 1. The Hall–Kier alpha value is -7.53. The van der Waals surface area contributed by atoms with Crippen molar-refractivity contribution >= 4 is 38.9 Å². The second-order valence-electron chi connectivity index (χ2n) is 15.7. The average Bonchev–Trinajstić information content (AvgIpc) is 3.37. The van der Waals surface area contributed by atoms with E-state index in [1.807, 2.05) is 13.8 Å². The largest absolute Gasteiger partial charge is 0.253 e. The number of allylic oxidation sites excluding steroid dienone is 10. The molecular weight excluding hydrogens is 771 g/mol. The van der Waals surface area contributed by atoms with Crippen LogP contribution in [0.3, 0.4) is 0 Å². The number of benzene rings is 7. The van der Waals surface area contributed by atoms with Gasteiger partial charge in [-0.15, -0.1) is 12.8 Å². The standard InChI is InChI=1S/C59H51N.C2H6.C2H2/c1-42(47-21-11-6-12-22-47)40-55(41-43(2)48-23-13-7-14-24-48)50-31-33-51(34-32-50)56-29-17-27-53-28-18-30-57(58(53)56)52-35-37-54(38-36-52)59(44(3)39-46-19-9-5-10-20-46)60-45(4)49-25-15-8-16-26-49;2*1-2/h5-31,33,35-38,40-41H,1,32,34,39H2,2-4H3;1-2H3;1-2H/b43-41+,55-40+,59-44-,60-45?;;. The molecule has 64 heavy (non-hydrogen) atoms. The van der Waals surface area contributed by atoms with Crippen LogP contribution in [0.1, 0.15) is 80.8 Å². The maximum absolute atomic E-state index is 5.29. The number of rotatable bonds is 12. The van der Waals surface area contributed by atoms with Crippen LogP contribution in [0.5, 0.6) is 0 Å². The van der Waals surface area contributed by atoms with Crippen LogP contribution >= 0.6 is 0 Å². The second-order valence-corrected chi connectivity index (χ2v) is 15.7. The van der Waals surface area contributed by atoms with Gasteiger partial charge in [-0.2, -0.15) is 0 Å². The maximum atomic E-state index is 5.29. The lowest BCUT2D eigenvalue weighted by molar-refractivity contribution is 0.995. The molecule has 1 heteroatoms. The van der Waals surface area contributed by atoms with E-state index in [9.17, 15) is 0 Å². The van der Waals surface area contributed by atoms with Crippen molar-refractivity contribution in [2.45, 2.75) is 53.9 Å². The lowest BCUT2D eigenvalue weighted by Crippen LogP contribution is -1.99. The van der Waals surface area contributed by atoms with Crippen LogP contribution in [-0.2, 0) is 6.42 Å². The third kappa shape index (κ3) is 11.5. The van der Waals surface area contributed by atoms with Crippen LogP contribution in [0, 0.1) is 12.8 Å². The Labute approximate surface area is 383 Å². The highest BCUT2D eigenvalue weighted by Gasteiger charge is 2.17. The van der Waals surface area contributed by atoms with Gasteiger partial charge in [-0.1, -0.05) is 221 Å². The molecule has 0 bridgehead atoms. The summed E-state index contributed by atoms with van der Waals surface area (Å²) in [7, 11) is 0. The van der Waals surface area contributed by atoms with Crippen LogP contribution in [-0.4, -0.2) is 5.71 Å². The van der Waals surface area contributed by atoms with E-state index in [2.05, 4.69) is 246 Å². The van der Waals surface area contributed by atoms with Crippen molar-refractivity contribution in [2.24, 2.45) is 4.99 Å². The molecule has 7 aromatic rings. The van der Waals surface area contributed by atoms with Gasteiger partial charge in [0.1, 0.15) is 0 Å². The normalized spacial score (nSPS) is 13.3. The highest BCUT2D eigenvalue weighted by atomic mass is 14.8. The molecule has 1 aliphatic rings. The average molecular weight is 830 g/mol. The zero-order chi connectivity index (χ0) is 45.3. The second kappa shape index (κ2) is 23.1. The van der Waals surface area contributed by atoms with E-state index < -0.39 is 0 Å². The van der Waals surface area contributed by atoms with Gasteiger partial charge in [0.05, 0.1) is 5.70 Å². The first kappa shape index (κ1) is 46.0. The molecule has 0 radical (unpaired) electrons. The molecule has 0 atom stereocenters. The smallest absolute Gasteiger partial charge is 0.0697 e. The fourth-order valence-corrected chi connectivity index (χ4v) is 8.23. The Morgan fingerprint density at radius 1 is 0.547 bits per heavy atom. The highest BCUT2D eigenvalue weighted by Crippen LogP contribution is 2.40. The minimum atomic E-state index is 0.837. The molecule has 1 nitrogen and oxygen atoms in total. The molecule has 7 aromatic carbocycles. The summed E-state index contributed by atoms with van der Waals surface area (Å²) < 4.78 is 0. The molecule has 1 aliphatic carbocycles. The van der Waals surface area contributed by atoms with Crippen LogP contribution in [0.15, 0.2) is 235 Å². The Morgan fingerprint density at radius 3 is 1.67 bits per heavy atom. The number of fused-ring (bicyclic) bond motifs is 1. The first-order valence-electron chi connectivity index (χ1n) is 22.3. The van der Waals surface area contributed by atoms with Gasteiger partial charge >= 0.3 is 0 Å². The van der Waals surface area contributed by atoms with E-state index in [1.54, 1.807) is 0 Å². The van der Waals surface area contributed by atoms with Gasteiger partial charge in [0.25, 0.3) is 0 Å². The summed E-state index contributed by atoms with van der Waals surface area (Å²) in [4.78, 5) is 5.29. The van der Waals surface area contributed by atoms with Gasteiger partial charge < -0.3 is 0 Å². The zero-order valence-corrected chi connectivity index (χ0v) is 38.1. The summed E-state index contributed by atoms with van der Waals surface area (Å²) >= 11 is 0. The van der Waals surface area contributed by atoms with E-state index in [4.69, 9.17) is 4.99 Å². The van der Waals surface area contributed by atoms with E-state index in [0.717, 1.165) is 52.9 Å². The summed E-state index contributed by atoms with van der Waals surface area (Å²) in [5.74, 6) is 0. The predicted octanol–water partition coefficient (Wildman–Crippen LogP) is 17.1. The van der Waals surface area contributed by atoms with Crippen molar-refractivity contribution in [3.63, 3.8) is 0 Å². The fourth-order valence-electron chi connectivity index (χ4n) is 8.23. The van der Waals surface area contributed by atoms with Crippen LogP contribution in [0.2, 0.25) is 0 Å². The fraction of sp³-hybridized carbons (Fsp3) is 0.127. The highest BCUT2D eigenvalue weighted by molar-refractivity contribution is 6.05. The summed E-state index contributed by atoms with van der Waals surface area (Å²) in [5, 5.41) is 2.53. The lowest BCUT2D eigenvalue weighted by atomic mass is 9.84. The minimum Gasteiger partial charge on any atom is -0.253 e. The number of terminal acetylenes is 1. The van der Waals surface area contributed by atoms with Crippen LogP contribution < -0.4 is 0 Å².